The molecule has 2 unspecified atom stereocenters. The molecule has 2 atom stereocenters. The SMILES string of the molecule is Cc1ccc(S(=O)(=O)N2CCC(C(=O)NCC(C3CCOC3)N3CCOCC3)CC2)cc1. The van der Waals surface area contributed by atoms with Crippen LogP contribution >= 0.6 is 0 Å². The van der Waals surface area contributed by atoms with E-state index >= 15 is 0 Å². The van der Waals surface area contributed by atoms with E-state index in [0.717, 1.165) is 51.5 Å². The quantitative estimate of drug-likeness (QED) is 0.652. The van der Waals surface area contributed by atoms with Crippen LogP contribution in [0.1, 0.15) is 24.8 Å². The summed E-state index contributed by atoms with van der Waals surface area (Å²) < 4.78 is 38.4. The molecular formula is C23H35N3O5S. The van der Waals surface area contributed by atoms with Crippen molar-refractivity contribution in [3.63, 3.8) is 0 Å². The Bertz CT molecular complexity index is 856. The molecule has 0 aliphatic carbocycles. The van der Waals surface area contributed by atoms with Crippen LogP contribution in [-0.2, 0) is 24.3 Å². The zero-order valence-corrected chi connectivity index (χ0v) is 19.7. The maximum Gasteiger partial charge on any atom is 0.243 e. The number of carbonyl (C=O) groups excluding carboxylic acids is 1. The van der Waals surface area contributed by atoms with Crippen LogP contribution in [-0.4, -0.2) is 88.7 Å². The molecule has 9 heteroatoms. The third kappa shape index (κ3) is 5.51. The van der Waals surface area contributed by atoms with Gasteiger partial charge in [-0.3, -0.25) is 9.69 Å². The molecular weight excluding hydrogens is 430 g/mol. The predicted octanol–water partition coefficient (Wildman–Crippen LogP) is 1.25. The van der Waals surface area contributed by atoms with E-state index in [4.69, 9.17) is 9.47 Å². The number of amides is 1. The third-order valence-electron chi connectivity index (χ3n) is 6.99. The third-order valence-corrected chi connectivity index (χ3v) is 8.91. The van der Waals surface area contributed by atoms with E-state index in [0.29, 0.717) is 43.3 Å². The van der Waals surface area contributed by atoms with E-state index in [1.807, 2.05) is 19.1 Å². The van der Waals surface area contributed by atoms with Crippen LogP contribution in [0.25, 0.3) is 0 Å². The molecule has 0 saturated carbocycles. The Hall–Kier alpha value is -1.52. The molecule has 3 heterocycles. The van der Waals surface area contributed by atoms with Crippen molar-refractivity contribution in [2.24, 2.45) is 11.8 Å². The van der Waals surface area contributed by atoms with Crippen molar-refractivity contribution in [2.75, 3.05) is 59.2 Å². The lowest BCUT2D eigenvalue weighted by molar-refractivity contribution is -0.126. The Balaban J connectivity index is 1.30. The lowest BCUT2D eigenvalue weighted by Gasteiger charge is -2.38. The number of sulfonamides is 1. The van der Waals surface area contributed by atoms with E-state index in [-0.39, 0.29) is 17.9 Å². The summed E-state index contributed by atoms with van der Waals surface area (Å²) in [4.78, 5) is 15.6. The fourth-order valence-corrected chi connectivity index (χ4v) is 6.40. The average Bonchev–Trinajstić information content (AvgIpc) is 3.35. The van der Waals surface area contributed by atoms with E-state index in [1.165, 1.54) is 4.31 Å². The highest BCUT2D eigenvalue weighted by molar-refractivity contribution is 7.89. The highest BCUT2D eigenvalue weighted by Gasteiger charge is 2.34. The molecule has 0 radical (unpaired) electrons. The van der Waals surface area contributed by atoms with E-state index in [1.54, 1.807) is 12.1 Å². The minimum absolute atomic E-state index is 0.0366. The Morgan fingerprint density at radius 1 is 1.03 bits per heavy atom. The van der Waals surface area contributed by atoms with Gasteiger partial charge in [0.25, 0.3) is 0 Å². The molecule has 178 valence electrons. The van der Waals surface area contributed by atoms with Crippen molar-refractivity contribution in [1.82, 2.24) is 14.5 Å². The summed E-state index contributed by atoms with van der Waals surface area (Å²) in [5.74, 6) is 0.314. The first kappa shape index (κ1) is 23.6. The molecule has 0 aromatic heterocycles. The number of hydrogen-bond donors (Lipinski definition) is 1. The Morgan fingerprint density at radius 3 is 2.34 bits per heavy atom. The van der Waals surface area contributed by atoms with Crippen LogP contribution in [0.15, 0.2) is 29.2 Å². The van der Waals surface area contributed by atoms with Gasteiger partial charge in [0, 0.05) is 57.2 Å². The monoisotopic (exact) mass is 465 g/mol. The fourth-order valence-electron chi connectivity index (χ4n) is 4.93. The lowest BCUT2D eigenvalue weighted by Crippen LogP contribution is -2.53. The molecule has 8 nitrogen and oxygen atoms in total. The number of piperidine rings is 1. The normalized spacial score (nSPS) is 25.0. The first-order valence-corrected chi connectivity index (χ1v) is 13.1. The molecule has 1 amide bonds. The maximum absolute atomic E-state index is 12.9. The summed E-state index contributed by atoms with van der Waals surface area (Å²) >= 11 is 0. The van der Waals surface area contributed by atoms with Crippen LogP contribution in [0.3, 0.4) is 0 Å². The van der Waals surface area contributed by atoms with Gasteiger partial charge in [0.05, 0.1) is 24.7 Å². The number of ether oxygens (including phenoxy) is 2. The molecule has 3 aliphatic heterocycles. The van der Waals surface area contributed by atoms with E-state index in [2.05, 4.69) is 10.2 Å². The van der Waals surface area contributed by atoms with Gasteiger partial charge in [-0.05, 0) is 38.3 Å². The number of nitrogens with zero attached hydrogens (tertiary/aromatic N) is 2. The maximum atomic E-state index is 12.9. The standard InChI is InChI=1S/C23H35N3O5S/c1-18-2-4-21(5-3-18)32(28,29)26-9-6-19(7-10-26)23(27)24-16-22(20-8-13-31-17-20)25-11-14-30-15-12-25/h2-5,19-20,22H,6-17H2,1H3,(H,24,27). The van der Waals surface area contributed by atoms with Gasteiger partial charge >= 0.3 is 0 Å². The first-order valence-electron chi connectivity index (χ1n) is 11.7. The van der Waals surface area contributed by atoms with Crippen molar-refractivity contribution < 1.29 is 22.7 Å². The van der Waals surface area contributed by atoms with Gasteiger partial charge in [0.1, 0.15) is 0 Å². The topological polar surface area (TPSA) is 88.2 Å². The molecule has 3 saturated heterocycles. The fraction of sp³-hybridized carbons (Fsp3) is 0.696. The van der Waals surface area contributed by atoms with Crippen molar-refractivity contribution in [3.8, 4) is 0 Å². The van der Waals surface area contributed by atoms with Crippen molar-refractivity contribution in [2.45, 2.75) is 37.1 Å². The van der Waals surface area contributed by atoms with Gasteiger partial charge in [-0.1, -0.05) is 17.7 Å². The number of nitrogens with one attached hydrogen (secondary N) is 1. The number of hydrogen-bond acceptors (Lipinski definition) is 6. The molecule has 0 bridgehead atoms. The first-order chi connectivity index (χ1) is 15.4. The second kappa shape index (κ2) is 10.6. The van der Waals surface area contributed by atoms with Crippen LogP contribution in [0.2, 0.25) is 0 Å². The van der Waals surface area contributed by atoms with Gasteiger partial charge < -0.3 is 14.8 Å². The summed E-state index contributed by atoms with van der Waals surface area (Å²) in [7, 11) is -3.51. The molecule has 1 N–H and O–H groups in total. The predicted molar refractivity (Wildman–Crippen MR) is 121 cm³/mol. The molecule has 4 rings (SSSR count). The van der Waals surface area contributed by atoms with Gasteiger partial charge in [-0.25, -0.2) is 8.42 Å². The summed E-state index contributed by atoms with van der Waals surface area (Å²) in [6, 6.07) is 7.19. The van der Waals surface area contributed by atoms with Crippen molar-refractivity contribution in [1.29, 1.82) is 0 Å². The number of benzene rings is 1. The summed E-state index contributed by atoms with van der Waals surface area (Å²) in [5.41, 5.74) is 1.03. The van der Waals surface area contributed by atoms with Crippen LogP contribution < -0.4 is 5.32 Å². The zero-order valence-electron chi connectivity index (χ0n) is 18.9. The molecule has 1 aromatic carbocycles. The molecule has 3 fully saturated rings. The molecule has 32 heavy (non-hydrogen) atoms. The van der Waals surface area contributed by atoms with Gasteiger partial charge in [0.2, 0.25) is 15.9 Å². The highest BCUT2D eigenvalue weighted by atomic mass is 32.2. The van der Waals surface area contributed by atoms with Crippen molar-refractivity contribution in [3.05, 3.63) is 29.8 Å². The van der Waals surface area contributed by atoms with E-state index in [9.17, 15) is 13.2 Å². The van der Waals surface area contributed by atoms with Gasteiger partial charge in [-0.15, -0.1) is 0 Å². The minimum Gasteiger partial charge on any atom is -0.381 e. The zero-order chi connectivity index (χ0) is 22.6. The second-order valence-electron chi connectivity index (χ2n) is 9.08. The summed E-state index contributed by atoms with van der Waals surface area (Å²) in [5, 5.41) is 3.17. The number of aryl methyl sites for hydroxylation is 1. The average molecular weight is 466 g/mol. The van der Waals surface area contributed by atoms with Crippen LogP contribution in [0, 0.1) is 18.8 Å². The Kier molecular flexibility index (Phi) is 7.83. The smallest absolute Gasteiger partial charge is 0.243 e. The second-order valence-corrected chi connectivity index (χ2v) is 11.0. The van der Waals surface area contributed by atoms with Crippen LogP contribution in [0.4, 0.5) is 0 Å². The van der Waals surface area contributed by atoms with Gasteiger partial charge in [-0.2, -0.15) is 4.31 Å². The van der Waals surface area contributed by atoms with Gasteiger partial charge in [0.15, 0.2) is 0 Å². The van der Waals surface area contributed by atoms with Crippen LogP contribution in [0.5, 0.6) is 0 Å². The largest absolute Gasteiger partial charge is 0.381 e. The molecule has 3 aliphatic rings. The highest BCUT2D eigenvalue weighted by Crippen LogP contribution is 2.25. The Morgan fingerprint density at radius 2 is 1.72 bits per heavy atom. The number of rotatable bonds is 7. The molecule has 0 spiro atoms. The lowest BCUT2D eigenvalue weighted by atomic mass is 9.95. The molecule has 1 aromatic rings. The Labute approximate surface area is 191 Å². The number of morpholine rings is 1. The summed E-state index contributed by atoms with van der Waals surface area (Å²) in [6.45, 7) is 8.03. The minimum atomic E-state index is -3.51. The summed E-state index contributed by atoms with van der Waals surface area (Å²) in [6.07, 6.45) is 2.12. The van der Waals surface area contributed by atoms with E-state index < -0.39 is 10.0 Å². The number of carbonyl (C=O) groups is 1. The van der Waals surface area contributed by atoms with Crippen molar-refractivity contribution >= 4 is 15.9 Å².